The first-order chi connectivity index (χ1) is 16.5. The Morgan fingerprint density at radius 3 is 1.82 bits per heavy atom. The van der Waals surface area contributed by atoms with E-state index in [-0.39, 0.29) is 5.41 Å². The predicted molar refractivity (Wildman–Crippen MR) is 142 cm³/mol. The third-order valence-corrected chi connectivity index (χ3v) is 6.77. The summed E-state index contributed by atoms with van der Waals surface area (Å²) in [6.07, 6.45) is 2.05. The van der Waals surface area contributed by atoms with Crippen LogP contribution in [-0.4, -0.2) is 15.0 Å². The molecular formula is C31H27N3. The van der Waals surface area contributed by atoms with Crippen LogP contribution >= 0.6 is 0 Å². The third-order valence-electron chi connectivity index (χ3n) is 6.77. The maximum absolute atomic E-state index is 4.48. The van der Waals surface area contributed by atoms with Crippen LogP contribution in [0, 0.1) is 0 Å². The van der Waals surface area contributed by atoms with Gasteiger partial charge in [0.1, 0.15) is 5.69 Å². The summed E-state index contributed by atoms with van der Waals surface area (Å²) in [7, 11) is 0. The van der Waals surface area contributed by atoms with Crippen molar-refractivity contribution in [3.05, 3.63) is 108 Å². The first-order valence-corrected chi connectivity index (χ1v) is 11.8. The summed E-state index contributed by atoms with van der Waals surface area (Å²) in [4.78, 5) is 0. The Bertz CT molecular complexity index is 1610. The molecule has 5 aromatic carbocycles. The van der Waals surface area contributed by atoms with Crippen molar-refractivity contribution in [2.24, 2.45) is 0 Å². The lowest BCUT2D eigenvalue weighted by molar-refractivity contribution is 0.590. The van der Waals surface area contributed by atoms with E-state index in [4.69, 9.17) is 0 Å². The first-order valence-electron chi connectivity index (χ1n) is 11.8. The van der Waals surface area contributed by atoms with Crippen molar-refractivity contribution in [3.8, 4) is 11.3 Å². The molecule has 0 amide bonds. The molecule has 6 rings (SSSR count). The van der Waals surface area contributed by atoms with Crippen LogP contribution in [-0.2, 0) is 12.0 Å². The molecule has 1 aromatic heterocycles. The van der Waals surface area contributed by atoms with Crippen LogP contribution in [0.25, 0.3) is 43.6 Å². The molecule has 0 aliphatic carbocycles. The van der Waals surface area contributed by atoms with E-state index in [2.05, 4.69) is 122 Å². The van der Waals surface area contributed by atoms with E-state index in [9.17, 15) is 0 Å². The summed E-state index contributed by atoms with van der Waals surface area (Å²) >= 11 is 0. The van der Waals surface area contributed by atoms with E-state index < -0.39 is 0 Å². The zero-order valence-electron chi connectivity index (χ0n) is 19.8. The fraction of sp³-hybridized carbons (Fsp3) is 0.161. The zero-order valence-corrected chi connectivity index (χ0v) is 19.8. The van der Waals surface area contributed by atoms with Crippen LogP contribution in [0.15, 0.2) is 97.2 Å². The van der Waals surface area contributed by atoms with Gasteiger partial charge < -0.3 is 0 Å². The highest BCUT2D eigenvalue weighted by atomic mass is 15.4. The van der Waals surface area contributed by atoms with Gasteiger partial charge in [0.05, 0.1) is 12.7 Å². The second kappa shape index (κ2) is 7.81. The minimum atomic E-state index is 0.136. The third kappa shape index (κ3) is 3.45. The number of hydrogen-bond donors (Lipinski definition) is 0. The Balaban J connectivity index is 1.44. The maximum Gasteiger partial charge on any atom is 0.113 e. The van der Waals surface area contributed by atoms with Gasteiger partial charge in [0.25, 0.3) is 0 Å². The molecule has 0 N–H and O–H groups in total. The van der Waals surface area contributed by atoms with Crippen LogP contribution in [0.5, 0.6) is 0 Å². The highest BCUT2D eigenvalue weighted by Crippen LogP contribution is 2.36. The molecule has 0 fully saturated rings. The molecule has 0 spiro atoms. The lowest BCUT2D eigenvalue weighted by atomic mass is 9.86. The highest BCUT2D eigenvalue weighted by molar-refractivity contribution is 6.26. The molecule has 0 saturated heterocycles. The van der Waals surface area contributed by atoms with Gasteiger partial charge in [-0.05, 0) is 48.9 Å². The van der Waals surface area contributed by atoms with Crippen molar-refractivity contribution in [2.75, 3.05) is 0 Å². The van der Waals surface area contributed by atoms with Gasteiger partial charge in [-0.2, -0.15) is 0 Å². The monoisotopic (exact) mass is 441 g/mol. The van der Waals surface area contributed by atoms with Gasteiger partial charge in [0.2, 0.25) is 0 Å². The standard InChI is InChI=1S/C31H27N3/c1-31(2,3)23-17-15-21(16-18-23)29-20-34(33-32-29)19-22-9-8-14-28-26-11-5-4-10-24(26)25-12-6-7-13-27(25)30(22)28/h4-18,20H,19H2,1-3H3. The van der Waals surface area contributed by atoms with Gasteiger partial charge in [0, 0.05) is 5.56 Å². The molecule has 166 valence electrons. The molecule has 6 aromatic rings. The van der Waals surface area contributed by atoms with Crippen molar-refractivity contribution < 1.29 is 0 Å². The fourth-order valence-corrected chi connectivity index (χ4v) is 4.99. The minimum Gasteiger partial charge on any atom is -0.247 e. The summed E-state index contributed by atoms with van der Waals surface area (Å²) in [5, 5.41) is 16.7. The summed E-state index contributed by atoms with van der Waals surface area (Å²) in [6, 6.07) is 32.7. The number of aromatic nitrogens is 3. The molecule has 0 bridgehead atoms. The largest absolute Gasteiger partial charge is 0.247 e. The van der Waals surface area contributed by atoms with E-state index in [0.717, 1.165) is 11.3 Å². The Kier molecular flexibility index (Phi) is 4.73. The lowest BCUT2D eigenvalue weighted by Gasteiger charge is -2.18. The number of hydrogen-bond acceptors (Lipinski definition) is 2. The topological polar surface area (TPSA) is 30.7 Å². The molecule has 0 saturated carbocycles. The SMILES string of the molecule is CC(C)(C)c1ccc(-c2cn(Cc3cccc4c5ccccc5c5ccccc5c34)nn2)cc1. The summed E-state index contributed by atoms with van der Waals surface area (Å²) in [5.41, 5.74) is 4.69. The van der Waals surface area contributed by atoms with E-state index in [1.54, 1.807) is 0 Å². The first kappa shape index (κ1) is 20.6. The van der Waals surface area contributed by atoms with Crippen molar-refractivity contribution in [1.29, 1.82) is 0 Å². The summed E-state index contributed by atoms with van der Waals surface area (Å²) < 4.78 is 1.95. The number of benzene rings is 5. The average molecular weight is 442 g/mol. The predicted octanol–water partition coefficient (Wildman–Crippen LogP) is 7.75. The van der Waals surface area contributed by atoms with Crippen molar-refractivity contribution >= 4 is 32.3 Å². The number of rotatable bonds is 3. The van der Waals surface area contributed by atoms with Crippen LogP contribution in [0.4, 0.5) is 0 Å². The molecule has 0 radical (unpaired) electrons. The minimum absolute atomic E-state index is 0.136. The van der Waals surface area contributed by atoms with E-state index in [1.807, 2.05) is 10.9 Å². The molecule has 0 atom stereocenters. The second-order valence-corrected chi connectivity index (χ2v) is 10.1. The Morgan fingerprint density at radius 1 is 0.647 bits per heavy atom. The Labute approximate surface area is 199 Å². The van der Waals surface area contributed by atoms with Gasteiger partial charge in [-0.25, -0.2) is 4.68 Å². The molecular weight excluding hydrogens is 414 g/mol. The molecule has 3 nitrogen and oxygen atoms in total. The second-order valence-electron chi connectivity index (χ2n) is 10.1. The van der Waals surface area contributed by atoms with Gasteiger partial charge in [-0.15, -0.1) is 5.10 Å². The zero-order chi connectivity index (χ0) is 23.3. The molecule has 0 aliphatic heterocycles. The van der Waals surface area contributed by atoms with Gasteiger partial charge in [-0.1, -0.05) is 117 Å². The van der Waals surface area contributed by atoms with E-state index >= 15 is 0 Å². The van der Waals surface area contributed by atoms with Crippen molar-refractivity contribution in [1.82, 2.24) is 15.0 Å². The van der Waals surface area contributed by atoms with Crippen molar-refractivity contribution in [2.45, 2.75) is 32.7 Å². The van der Waals surface area contributed by atoms with Gasteiger partial charge in [0.15, 0.2) is 0 Å². The van der Waals surface area contributed by atoms with Gasteiger partial charge in [-0.3, -0.25) is 0 Å². The number of nitrogens with zero attached hydrogens (tertiary/aromatic N) is 3. The van der Waals surface area contributed by atoms with Crippen LogP contribution in [0.3, 0.4) is 0 Å². The van der Waals surface area contributed by atoms with Gasteiger partial charge >= 0.3 is 0 Å². The van der Waals surface area contributed by atoms with Crippen molar-refractivity contribution in [3.63, 3.8) is 0 Å². The molecule has 0 aliphatic rings. The van der Waals surface area contributed by atoms with Crippen LogP contribution in [0.2, 0.25) is 0 Å². The fourth-order valence-electron chi connectivity index (χ4n) is 4.99. The molecule has 3 heteroatoms. The Morgan fingerprint density at radius 2 is 1.21 bits per heavy atom. The van der Waals surface area contributed by atoms with Crippen LogP contribution in [0.1, 0.15) is 31.9 Å². The van der Waals surface area contributed by atoms with E-state index in [1.165, 1.54) is 43.4 Å². The van der Waals surface area contributed by atoms with E-state index in [0.29, 0.717) is 6.54 Å². The molecule has 34 heavy (non-hydrogen) atoms. The number of fused-ring (bicyclic) bond motifs is 6. The average Bonchev–Trinajstić information content (AvgIpc) is 3.32. The summed E-state index contributed by atoms with van der Waals surface area (Å²) in [6.45, 7) is 7.37. The Hall–Kier alpha value is -3.98. The molecule has 1 heterocycles. The smallest absolute Gasteiger partial charge is 0.113 e. The van der Waals surface area contributed by atoms with Crippen LogP contribution < -0.4 is 0 Å². The lowest BCUT2D eigenvalue weighted by Crippen LogP contribution is -2.10. The quantitative estimate of drug-likeness (QED) is 0.263. The summed E-state index contributed by atoms with van der Waals surface area (Å²) in [5.74, 6) is 0. The highest BCUT2D eigenvalue weighted by Gasteiger charge is 2.15. The normalized spacial score (nSPS) is 12.1. The molecule has 0 unspecified atom stereocenters. The maximum atomic E-state index is 4.48.